The largest absolute Gasteiger partial charge is 0.481 e. The van der Waals surface area contributed by atoms with Crippen LogP contribution < -0.4 is 5.32 Å². The van der Waals surface area contributed by atoms with Crippen LogP contribution in [0.5, 0.6) is 0 Å². The molecule has 2 aliphatic rings. The Bertz CT molecular complexity index is 241. The number of carbonyl (C=O) groups is 1. The average Bonchev–Trinajstić information content (AvgIpc) is 2.95. The van der Waals surface area contributed by atoms with Gasteiger partial charge in [0, 0.05) is 31.7 Å². The fourth-order valence-electron chi connectivity index (χ4n) is 2.16. The number of nitrogens with one attached hydrogen (secondary N) is 1. The number of hydrogen-bond donors (Lipinski definition) is 2. The molecule has 86 valence electrons. The Balaban J connectivity index is 1.65. The highest BCUT2D eigenvalue weighted by Gasteiger charge is 2.34. The van der Waals surface area contributed by atoms with Gasteiger partial charge in [0.15, 0.2) is 0 Å². The Hall–Kier alpha value is -0.610. The zero-order valence-corrected chi connectivity index (χ0v) is 9.28. The number of likely N-dealkylation sites (tertiary alicyclic amines) is 1. The maximum atomic E-state index is 10.6. The summed E-state index contributed by atoms with van der Waals surface area (Å²) >= 11 is 0. The van der Waals surface area contributed by atoms with Gasteiger partial charge in [0.2, 0.25) is 0 Å². The molecule has 1 heterocycles. The lowest BCUT2D eigenvalue weighted by atomic mass is 10.1. The Morgan fingerprint density at radius 3 is 2.87 bits per heavy atom. The summed E-state index contributed by atoms with van der Waals surface area (Å²) in [6.45, 7) is 4.64. The molecule has 2 atom stereocenters. The second-order valence-electron chi connectivity index (χ2n) is 4.86. The van der Waals surface area contributed by atoms with Crippen molar-refractivity contribution in [1.82, 2.24) is 10.2 Å². The number of aliphatic carboxylic acids is 1. The Labute approximate surface area is 90.6 Å². The van der Waals surface area contributed by atoms with Gasteiger partial charge in [-0.25, -0.2) is 0 Å². The van der Waals surface area contributed by atoms with E-state index < -0.39 is 5.97 Å². The zero-order valence-electron chi connectivity index (χ0n) is 9.28. The molecule has 0 radical (unpaired) electrons. The van der Waals surface area contributed by atoms with Crippen LogP contribution in [0, 0.1) is 5.92 Å². The van der Waals surface area contributed by atoms with Gasteiger partial charge in [-0.2, -0.15) is 0 Å². The molecule has 0 aromatic heterocycles. The minimum atomic E-state index is -0.709. The number of carboxylic acid groups (broad SMARTS) is 1. The smallest absolute Gasteiger partial charge is 0.307 e. The third kappa shape index (κ3) is 2.92. The fraction of sp³-hybridized carbons (Fsp3) is 0.909. The second kappa shape index (κ2) is 4.49. The molecular weight excluding hydrogens is 192 g/mol. The van der Waals surface area contributed by atoms with E-state index in [1.165, 1.54) is 25.8 Å². The maximum absolute atomic E-state index is 10.6. The third-order valence-electron chi connectivity index (χ3n) is 3.42. The molecule has 15 heavy (non-hydrogen) atoms. The molecule has 0 amide bonds. The van der Waals surface area contributed by atoms with Gasteiger partial charge in [-0.1, -0.05) is 6.92 Å². The van der Waals surface area contributed by atoms with Gasteiger partial charge in [-0.3, -0.25) is 9.69 Å². The third-order valence-corrected chi connectivity index (χ3v) is 3.42. The first-order valence-corrected chi connectivity index (χ1v) is 5.87. The quantitative estimate of drug-likeness (QED) is 0.698. The first kappa shape index (κ1) is 10.9. The number of rotatable bonds is 5. The van der Waals surface area contributed by atoms with Gasteiger partial charge in [-0.15, -0.1) is 0 Å². The Kier molecular flexibility index (Phi) is 3.26. The van der Waals surface area contributed by atoms with Crippen molar-refractivity contribution in [3.05, 3.63) is 0 Å². The van der Waals surface area contributed by atoms with Crippen LogP contribution >= 0.6 is 0 Å². The predicted octanol–water partition coefficient (Wildman–Crippen LogP) is 0.533. The van der Waals surface area contributed by atoms with E-state index in [-0.39, 0.29) is 5.92 Å². The van der Waals surface area contributed by atoms with Crippen molar-refractivity contribution >= 4 is 5.97 Å². The summed E-state index contributed by atoms with van der Waals surface area (Å²) in [5.41, 5.74) is 0. The van der Waals surface area contributed by atoms with Crippen molar-refractivity contribution in [1.29, 1.82) is 0 Å². The normalized spacial score (nSPS) is 29.3. The minimum absolute atomic E-state index is 0.278. The van der Waals surface area contributed by atoms with E-state index in [4.69, 9.17) is 5.11 Å². The van der Waals surface area contributed by atoms with E-state index in [0.717, 1.165) is 12.6 Å². The molecule has 1 aliphatic carbocycles. The maximum Gasteiger partial charge on any atom is 0.307 e. The molecule has 2 N–H and O–H groups in total. The summed E-state index contributed by atoms with van der Waals surface area (Å²) in [6.07, 6.45) is 3.89. The summed E-state index contributed by atoms with van der Waals surface area (Å²) in [5.74, 6) is -0.987. The van der Waals surface area contributed by atoms with Crippen LogP contribution in [0.1, 0.15) is 26.2 Å². The van der Waals surface area contributed by atoms with Crippen molar-refractivity contribution in [2.45, 2.75) is 38.3 Å². The summed E-state index contributed by atoms with van der Waals surface area (Å²) in [4.78, 5) is 13.2. The Morgan fingerprint density at radius 1 is 1.53 bits per heavy atom. The molecule has 1 aliphatic heterocycles. The molecule has 0 aromatic carbocycles. The summed E-state index contributed by atoms with van der Waals surface area (Å²) in [5, 5.41) is 12.1. The van der Waals surface area contributed by atoms with E-state index in [1.54, 1.807) is 6.92 Å². The lowest BCUT2D eigenvalue weighted by Crippen LogP contribution is -2.37. The SMILES string of the molecule is CC(CNC1CCN(C2CC2)C1)C(=O)O. The molecule has 2 fully saturated rings. The summed E-state index contributed by atoms with van der Waals surface area (Å²) in [7, 11) is 0. The molecule has 1 saturated carbocycles. The first-order valence-electron chi connectivity index (χ1n) is 5.87. The molecule has 2 unspecified atom stereocenters. The van der Waals surface area contributed by atoms with Crippen LogP contribution in [-0.2, 0) is 4.79 Å². The lowest BCUT2D eigenvalue weighted by Gasteiger charge is -2.16. The molecular formula is C11H20N2O2. The van der Waals surface area contributed by atoms with Crippen molar-refractivity contribution in [2.75, 3.05) is 19.6 Å². The highest BCUT2D eigenvalue weighted by molar-refractivity contribution is 5.69. The predicted molar refractivity (Wildman–Crippen MR) is 57.8 cm³/mol. The zero-order chi connectivity index (χ0) is 10.8. The van der Waals surface area contributed by atoms with Gasteiger partial charge < -0.3 is 10.4 Å². The highest BCUT2D eigenvalue weighted by atomic mass is 16.4. The molecule has 0 spiro atoms. The van der Waals surface area contributed by atoms with Gasteiger partial charge >= 0.3 is 5.97 Å². The van der Waals surface area contributed by atoms with Crippen LogP contribution in [0.15, 0.2) is 0 Å². The molecule has 0 bridgehead atoms. The monoisotopic (exact) mass is 212 g/mol. The average molecular weight is 212 g/mol. The molecule has 0 aromatic rings. The van der Waals surface area contributed by atoms with E-state index in [0.29, 0.717) is 12.6 Å². The summed E-state index contributed by atoms with van der Waals surface area (Å²) < 4.78 is 0. The standard InChI is InChI=1S/C11H20N2O2/c1-8(11(14)15)6-12-9-4-5-13(7-9)10-2-3-10/h8-10,12H,2-7H2,1H3,(H,14,15). The van der Waals surface area contributed by atoms with E-state index in [9.17, 15) is 4.79 Å². The van der Waals surface area contributed by atoms with Crippen molar-refractivity contribution in [3.63, 3.8) is 0 Å². The van der Waals surface area contributed by atoms with Crippen molar-refractivity contribution in [2.24, 2.45) is 5.92 Å². The van der Waals surface area contributed by atoms with Crippen LogP contribution in [0.3, 0.4) is 0 Å². The van der Waals surface area contributed by atoms with Crippen LogP contribution in [-0.4, -0.2) is 47.7 Å². The molecule has 2 rings (SSSR count). The minimum Gasteiger partial charge on any atom is -0.481 e. The second-order valence-corrected chi connectivity index (χ2v) is 4.86. The number of nitrogens with zero attached hydrogens (tertiary/aromatic N) is 1. The van der Waals surface area contributed by atoms with Gasteiger partial charge in [0.05, 0.1) is 5.92 Å². The lowest BCUT2D eigenvalue weighted by molar-refractivity contribution is -0.140. The Morgan fingerprint density at radius 2 is 2.27 bits per heavy atom. The first-order chi connectivity index (χ1) is 7.16. The van der Waals surface area contributed by atoms with Gasteiger partial charge in [-0.05, 0) is 19.3 Å². The number of hydrogen-bond acceptors (Lipinski definition) is 3. The molecule has 1 saturated heterocycles. The van der Waals surface area contributed by atoms with Gasteiger partial charge in [0.25, 0.3) is 0 Å². The molecule has 4 nitrogen and oxygen atoms in total. The fourth-order valence-corrected chi connectivity index (χ4v) is 2.16. The van der Waals surface area contributed by atoms with Gasteiger partial charge in [0.1, 0.15) is 0 Å². The summed E-state index contributed by atoms with van der Waals surface area (Å²) in [6, 6.07) is 1.35. The van der Waals surface area contributed by atoms with Crippen LogP contribution in [0.4, 0.5) is 0 Å². The van der Waals surface area contributed by atoms with E-state index in [2.05, 4.69) is 10.2 Å². The van der Waals surface area contributed by atoms with Crippen LogP contribution in [0.2, 0.25) is 0 Å². The molecule has 4 heteroatoms. The van der Waals surface area contributed by atoms with E-state index >= 15 is 0 Å². The van der Waals surface area contributed by atoms with Crippen molar-refractivity contribution in [3.8, 4) is 0 Å². The number of carboxylic acids is 1. The van der Waals surface area contributed by atoms with Crippen molar-refractivity contribution < 1.29 is 9.90 Å². The highest BCUT2D eigenvalue weighted by Crippen LogP contribution is 2.29. The topological polar surface area (TPSA) is 52.6 Å². The van der Waals surface area contributed by atoms with Crippen LogP contribution in [0.25, 0.3) is 0 Å². The van der Waals surface area contributed by atoms with E-state index in [1.807, 2.05) is 0 Å².